The van der Waals surface area contributed by atoms with Crippen LogP contribution in [0.2, 0.25) is 0 Å². The average molecular weight is 361 g/mol. The third-order valence-electron chi connectivity index (χ3n) is 4.70. The molecular formula is C23H23NO3. The molecular weight excluding hydrogens is 338 g/mol. The Bertz CT molecular complexity index is 1080. The van der Waals surface area contributed by atoms with Crippen molar-refractivity contribution in [3.63, 3.8) is 0 Å². The van der Waals surface area contributed by atoms with Gasteiger partial charge in [-0.25, -0.2) is 4.79 Å². The molecule has 27 heavy (non-hydrogen) atoms. The van der Waals surface area contributed by atoms with Gasteiger partial charge in [-0.05, 0) is 49.9 Å². The van der Waals surface area contributed by atoms with Crippen LogP contribution in [0.3, 0.4) is 0 Å². The summed E-state index contributed by atoms with van der Waals surface area (Å²) in [5, 5.41) is 3.63. The molecule has 0 aliphatic rings. The summed E-state index contributed by atoms with van der Waals surface area (Å²) >= 11 is 0. The normalized spacial score (nSPS) is 12.0. The Morgan fingerprint density at radius 2 is 2.00 bits per heavy atom. The first-order valence-corrected chi connectivity index (χ1v) is 8.95. The van der Waals surface area contributed by atoms with Crippen LogP contribution in [0.15, 0.2) is 64.3 Å². The Morgan fingerprint density at radius 3 is 2.74 bits per heavy atom. The van der Waals surface area contributed by atoms with Crippen molar-refractivity contribution in [2.45, 2.75) is 33.2 Å². The molecule has 138 valence electrons. The first-order valence-electron chi connectivity index (χ1n) is 8.95. The van der Waals surface area contributed by atoms with E-state index in [1.165, 1.54) is 0 Å². The second-order valence-electron chi connectivity index (χ2n) is 6.83. The van der Waals surface area contributed by atoms with Gasteiger partial charge < -0.3 is 9.73 Å². The van der Waals surface area contributed by atoms with Gasteiger partial charge in [0.1, 0.15) is 11.1 Å². The third kappa shape index (κ3) is 3.85. The van der Waals surface area contributed by atoms with E-state index in [0.29, 0.717) is 12.0 Å². The number of carbonyl (C=O) groups excluding carboxylic acids is 1. The molecule has 0 radical (unpaired) electrons. The van der Waals surface area contributed by atoms with Crippen LogP contribution in [0.4, 0.5) is 0 Å². The van der Waals surface area contributed by atoms with Crippen molar-refractivity contribution in [1.82, 2.24) is 5.32 Å². The smallest absolute Gasteiger partial charge is 0.349 e. The standard InChI is InChI=1S/C23H23NO3/c1-5-7-17-8-6-9-18-13-20(23(26)27-21(17)18)22(25)24-16(4)19-12-14(2)10-11-15(19)3/h5-6,8-13,16H,1,7H2,2-4H3,(H,24,25). The fraction of sp³-hybridized carbons (Fsp3) is 0.217. The number of carbonyl (C=O) groups is 1. The largest absolute Gasteiger partial charge is 0.422 e. The summed E-state index contributed by atoms with van der Waals surface area (Å²) in [4.78, 5) is 25.1. The minimum atomic E-state index is -0.635. The fourth-order valence-electron chi connectivity index (χ4n) is 3.26. The maximum Gasteiger partial charge on any atom is 0.349 e. The highest BCUT2D eigenvalue weighted by Crippen LogP contribution is 2.21. The molecule has 3 rings (SSSR count). The van der Waals surface area contributed by atoms with Crippen LogP contribution in [-0.4, -0.2) is 5.91 Å². The molecule has 1 N–H and O–H groups in total. The topological polar surface area (TPSA) is 59.3 Å². The van der Waals surface area contributed by atoms with Crippen molar-refractivity contribution < 1.29 is 9.21 Å². The molecule has 0 fully saturated rings. The van der Waals surface area contributed by atoms with E-state index in [1.54, 1.807) is 12.1 Å². The van der Waals surface area contributed by atoms with Crippen LogP contribution in [0, 0.1) is 13.8 Å². The highest BCUT2D eigenvalue weighted by Gasteiger charge is 2.18. The Hall–Kier alpha value is -3.14. The molecule has 0 spiro atoms. The summed E-state index contributed by atoms with van der Waals surface area (Å²) in [7, 11) is 0. The minimum absolute atomic E-state index is 0.00964. The van der Waals surface area contributed by atoms with E-state index in [-0.39, 0.29) is 11.6 Å². The van der Waals surface area contributed by atoms with Gasteiger partial charge in [0.15, 0.2) is 0 Å². The number of aryl methyl sites for hydroxylation is 2. The molecule has 1 heterocycles. The molecule has 2 aromatic carbocycles. The lowest BCUT2D eigenvalue weighted by Crippen LogP contribution is -2.31. The molecule has 4 nitrogen and oxygen atoms in total. The van der Waals surface area contributed by atoms with Gasteiger partial charge in [-0.15, -0.1) is 6.58 Å². The van der Waals surface area contributed by atoms with Crippen molar-refractivity contribution in [3.8, 4) is 0 Å². The predicted octanol–water partition coefficient (Wildman–Crippen LogP) is 4.63. The lowest BCUT2D eigenvalue weighted by Gasteiger charge is -2.17. The quantitative estimate of drug-likeness (QED) is 0.532. The molecule has 3 aromatic rings. The van der Waals surface area contributed by atoms with Crippen molar-refractivity contribution in [2.24, 2.45) is 0 Å². The first kappa shape index (κ1) is 18.6. The zero-order chi connectivity index (χ0) is 19.6. The Balaban J connectivity index is 1.94. The van der Waals surface area contributed by atoms with Crippen LogP contribution in [0.25, 0.3) is 11.0 Å². The zero-order valence-electron chi connectivity index (χ0n) is 15.8. The first-order chi connectivity index (χ1) is 12.9. The SMILES string of the molecule is C=CCc1cccc2cc(C(=O)NC(C)c3cc(C)ccc3C)c(=O)oc12. The van der Waals surface area contributed by atoms with E-state index in [0.717, 1.165) is 27.6 Å². The van der Waals surface area contributed by atoms with Crippen molar-refractivity contribution >= 4 is 16.9 Å². The van der Waals surface area contributed by atoms with Crippen LogP contribution in [0.5, 0.6) is 0 Å². The number of rotatable bonds is 5. The average Bonchev–Trinajstić information content (AvgIpc) is 2.63. The van der Waals surface area contributed by atoms with Crippen LogP contribution < -0.4 is 10.9 Å². The molecule has 1 atom stereocenters. The van der Waals surface area contributed by atoms with Crippen LogP contribution in [-0.2, 0) is 6.42 Å². The predicted molar refractivity (Wildman–Crippen MR) is 108 cm³/mol. The third-order valence-corrected chi connectivity index (χ3v) is 4.70. The van der Waals surface area contributed by atoms with Gasteiger partial charge in [-0.1, -0.05) is 48.0 Å². The van der Waals surface area contributed by atoms with E-state index in [4.69, 9.17) is 4.42 Å². The maximum atomic E-state index is 12.7. The number of nitrogens with one attached hydrogen (secondary N) is 1. The minimum Gasteiger partial charge on any atom is -0.422 e. The van der Waals surface area contributed by atoms with Crippen LogP contribution in [0.1, 0.15) is 45.6 Å². The van der Waals surface area contributed by atoms with Gasteiger partial charge in [0.25, 0.3) is 5.91 Å². The molecule has 1 unspecified atom stereocenters. The van der Waals surface area contributed by atoms with E-state index in [9.17, 15) is 9.59 Å². The lowest BCUT2D eigenvalue weighted by atomic mass is 9.99. The molecule has 4 heteroatoms. The number of hydrogen-bond acceptors (Lipinski definition) is 3. The molecule has 0 aliphatic carbocycles. The van der Waals surface area contributed by atoms with Gasteiger partial charge in [0, 0.05) is 5.39 Å². The van der Waals surface area contributed by atoms with Crippen molar-refractivity contribution in [1.29, 1.82) is 0 Å². The molecule has 1 amide bonds. The van der Waals surface area contributed by atoms with E-state index < -0.39 is 11.5 Å². The van der Waals surface area contributed by atoms with E-state index >= 15 is 0 Å². The second-order valence-corrected chi connectivity index (χ2v) is 6.83. The Labute approximate surface area is 158 Å². The number of hydrogen-bond donors (Lipinski definition) is 1. The number of allylic oxidation sites excluding steroid dienone is 1. The molecule has 0 saturated heterocycles. The number of para-hydroxylation sites is 1. The lowest BCUT2D eigenvalue weighted by molar-refractivity contribution is 0.0936. The van der Waals surface area contributed by atoms with E-state index in [2.05, 4.69) is 11.9 Å². The van der Waals surface area contributed by atoms with Gasteiger partial charge in [0.2, 0.25) is 0 Å². The Kier molecular flexibility index (Phi) is 5.26. The summed E-state index contributed by atoms with van der Waals surface area (Å²) in [5.74, 6) is -0.437. The van der Waals surface area contributed by atoms with Gasteiger partial charge in [0.05, 0.1) is 6.04 Å². The monoisotopic (exact) mass is 361 g/mol. The number of fused-ring (bicyclic) bond motifs is 1. The summed E-state index contributed by atoms with van der Waals surface area (Å²) in [6.45, 7) is 9.64. The highest BCUT2D eigenvalue weighted by molar-refractivity contribution is 5.97. The maximum absolute atomic E-state index is 12.7. The summed E-state index contributed by atoms with van der Waals surface area (Å²) in [6, 6.07) is 13.1. The summed E-state index contributed by atoms with van der Waals surface area (Å²) in [5.41, 5.74) is 3.99. The van der Waals surface area contributed by atoms with Crippen LogP contribution >= 0.6 is 0 Å². The van der Waals surface area contributed by atoms with Gasteiger partial charge >= 0.3 is 5.63 Å². The fourth-order valence-corrected chi connectivity index (χ4v) is 3.26. The zero-order valence-corrected chi connectivity index (χ0v) is 15.8. The molecule has 0 aliphatic heterocycles. The number of amides is 1. The molecule has 1 aromatic heterocycles. The Morgan fingerprint density at radius 1 is 1.22 bits per heavy atom. The van der Waals surface area contributed by atoms with Crippen molar-refractivity contribution in [2.75, 3.05) is 0 Å². The molecule has 0 bridgehead atoms. The number of benzene rings is 2. The van der Waals surface area contributed by atoms with E-state index in [1.807, 2.05) is 57.2 Å². The van der Waals surface area contributed by atoms with Gasteiger partial charge in [-0.2, -0.15) is 0 Å². The molecule has 0 saturated carbocycles. The highest BCUT2D eigenvalue weighted by atomic mass is 16.4. The summed E-state index contributed by atoms with van der Waals surface area (Å²) in [6.07, 6.45) is 2.34. The van der Waals surface area contributed by atoms with Gasteiger partial charge in [-0.3, -0.25) is 4.79 Å². The second kappa shape index (κ2) is 7.62. The van der Waals surface area contributed by atoms with Crippen molar-refractivity contribution in [3.05, 3.63) is 93.4 Å². The summed E-state index contributed by atoms with van der Waals surface area (Å²) < 4.78 is 5.46.